The molecule has 2 aliphatic heterocycles. The Morgan fingerprint density at radius 2 is 1.96 bits per heavy atom. The summed E-state index contributed by atoms with van der Waals surface area (Å²) in [7, 11) is 0. The van der Waals surface area contributed by atoms with Gasteiger partial charge in [-0.2, -0.15) is 0 Å². The Kier molecular flexibility index (Phi) is 3.80. The summed E-state index contributed by atoms with van der Waals surface area (Å²) >= 11 is 1.80. The SMILES string of the molecule is CC(C)(C)[C@@H]1CCc2c(sc3c2[C@H](c2ccc4c(c2)OCO4)CC(=O)N3)C1. The molecule has 142 valence electrons. The average Bonchev–Trinajstić information content (AvgIpc) is 3.22. The maximum Gasteiger partial charge on any atom is 0.231 e. The number of thiophene rings is 1. The molecule has 1 aromatic heterocycles. The van der Waals surface area contributed by atoms with Crippen molar-refractivity contribution in [2.45, 2.75) is 52.4 Å². The van der Waals surface area contributed by atoms with E-state index < -0.39 is 0 Å². The van der Waals surface area contributed by atoms with Gasteiger partial charge >= 0.3 is 0 Å². The number of hydrogen-bond donors (Lipinski definition) is 1. The molecule has 2 atom stereocenters. The lowest BCUT2D eigenvalue weighted by atomic mass is 9.71. The Morgan fingerprint density at radius 1 is 1.15 bits per heavy atom. The van der Waals surface area contributed by atoms with E-state index in [-0.39, 0.29) is 18.6 Å². The van der Waals surface area contributed by atoms with Gasteiger partial charge in [-0.25, -0.2) is 0 Å². The zero-order valence-electron chi connectivity index (χ0n) is 16.1. The van der Waals surface area contributed by atoms with E-state index in [1.54, 1.807) is 11.3 Å². The molecule has 5 heteroatoms. The van der Waals surface area contributed by atoms with E-state index in [9.17, 15) is 4.79 Å². The summed E-state index contributed by atoms with van der Waals surface area (Å²) in [6.45, 7) is 7.30. The van der Waals surface area contributed by atoms with Crippen molar-refractivity contribution < 1.29 is 14.3 Å². The molecule has 0 saturated heterocycles. The predicted molar refractivity (Wildman–Crippen MR) is 107 cm³/mol. The molecule has 2 aromatic rings. The molecule has 0 saturated carbocycles. The summed E-state index contributed by atoms with van der Waals surface area (Å²) in [6, 6.07) is 6.12. The topological polar surface area (TPSA) is 47.6 Å². The van der Waals surface area contributed by atoms with Gasteiger partial charge in [0.2, 0.25) is 12.7 Å². The standard InChI is InChI=1S/C22H25NO3S/c1-22(2,3)13-5-6-14-18(9-13)27-21-20(14)15(10-19(24)23-21)12-4-7-16-17(8-12)26-11-25-16/h4,7-8,13,15H,5-6,9-11H2,1-3H3,(H,23,24)/t13-,15+/m1/s1. The van der Waals surface area contributed by atoms with Gasteiger partial charge in [0, 0.05) is 17.2 Å². The largest absolute Gasteiger partial charge is 0.454 e. The van der Waals surface area contributed by atoms with Crippen molar-refractivity contribution in [3.63, 3.8) is 0 Å². The van der Waals surface area contributed by atoms with E-state index in [1.807, 2.05) is 6.07 Å². The third kappa shape index (κ3) is 2.83. The van der Waals surface area contributed by atoms with Crippen LogP contribution in [-0.4, -0.2) is 12.7 Å². The van der Waals surface area contributed by atoms with Gasteiger partial charge in [-0.05, 0) is 59.4 Å². The first kappa shape index (κ1) is 17.1. The molecule has 3 aliphatic rings. The second kappa shape index (κ2) is 5.99. The lowest BCUT2D eigenvalue weighted by Crippen LogP contribution is -2.27. The summed E-state index contributed by atoms with van der Waals surface area (Å²) in [5, 5.41) is 4.21. The number of benzene rings is 1. The van der Waals surface area contributed by atoms with Crippen LogP contribution in [0, 0.1) is 11.3 Å². The Balaban J connectivity index is 1.56. The highest BCUT2D eigenvalue weighted by Crippen LogP contribution is 2.51. The van der Waals surface area contributed by atoms with Gasteiger partial charge in [-0.3, -0.25) is 4.79 Å². The number of carbonyl (C=O) groups excluding carboxylic acids is 1. The second-order valence-corrected chi connectivity index (χ2v) is 10.1. The van der Waals surface area contributed by atoms with Crippen molar-refractivity contribution in [2.75, 3.05) is 12.1 Å². The number of carbonyl (C=O) groups is 1. The first-order valence-electron chi connectivity index (χ1n) is 9.74. The van der Waals surface area contributed by atoms with E-state index in [0.29, 0.717) is 17.8 Å². The van der Waals surface area contributed by atoms with Crippen LogP contribution in [0.25, 0.3) is 0 Å². The second-order valence-electron chi connectivity index (χ2n) is 8.97. The van der Waals surface area contributed by atoms with Crippen LogP contribution in [0.15, 0.2) is 18.2 Å². The van der Waals surface area contributed by atoms with Crippen LogP contribution in [0.3, 0.4) is 0 Å². The highest BCUT2D eigenvalue weighted by Gasteiger charge is 2.37. The third-order valence-electron chi connectivity index (χ3n) is 6.32. The predicted octanol–water partition coefficient (Wildman–Crippen LogP) is 5.10. The molecule has 3 heterocycles. The molecular weight excluding hydrogens is 358 g/mol. The van der Waals surface area contributed by atoms with Gasteiger partial charge < -0.3 is 14.8 Å². The number of hydrogen-bond acceptors (Lipinski definition) is 4. The summed E-state index contributed by atoms with van der Waals surface area (Å²) in [5.41, 5.74) is 4.30. The highest BCUT2D eigenvalue weighted by atomic mass is 32.1. The Labute approximate surface area is 163 Å². The number of ether oxygens (including phenoxy) is 2. The van der Waals surface area contributed by atoms with Crippen LogP contribution < -0.4 is 14.8 Å². The summed E-state index contributed by atoms with van der Waals surface area (Å²) in [5.74, 6) is 2.49. The third-order valence-corrected chi connectivity index (χ3v) is 7.51. The molecule has 27 heavy (non-hydrogen) atoms. The summed E-state index contributed by atoms with van der Waals surface area (Å²) in [4.78, 5) is 13.9. The normalized spacial score (nSPS) is 23.6. The number of fused-ring (bicyclic) bond motifs is 4. The van der Waals surface area contributed by atoms with Gasteiger partial charge in [-0.15, -0.1) is 11.3 Å². The van der Waals surface area contributed by atoms with Gasteiger partial charge in [0.25, 0.3) is 0 Å². The first-order chi connectivity index (χ1) is 12.9. The fraction of sp³-hybridized carbons (Fsp3) is 0.500. The Hall–Kier alpha value is -2.01. The van der Waals surface area contributed by atoms with E-state index in [4.69, 9.17) is 9.47 Å². The quantitative estimate of drug-likeness (QED) is 0.745. The minimum absolute atomic E-state index is 0.106. The average molecular weight is 384 g/mol. The fourth-order valence-corrected chi connectivity index (χ4v) is 6.10. The monoisotopic (exact) mass is 383 g/mol. The van der Waals surface area contributed by atoms with Gasteiger partial charge in [0.15, 0.2) is 11.5 Å². The van der Waals surface area contributed by atoms with Crippen molar-refractivity contribution in [1.29, 1.82) is 0 Å². The van der Waals surface area contributed by atoms with Crippen molar-refractivity contribution in [1.82, 2.24) is 0 Å². The van der Waals surface area contributed by atoms with Gasteiger partial charge in [0.1, 0.15) is 0 Å². The van der Waals surface area contributed by atoms with Crippen molar-refractivity contribution in [3.8, 4) is 11.5 Å². The van der Waals surface area contributed by atoms with Crippen LogP contribution in [-0.2, 0) is 17.6 Å². The number of nitrogens with one attached hydrogen (secondary N) is 1. The molecule has 0 radical (unpaired) electrons. The molecule has 0 unspecified atom stereocenters. The van der Waals surface area contributed by atoms with Crippen LogP contribution in [0.1, 0.15) is 61.1 Å². The molecule has 4 nitrogen and oxygen atoms in total. The molecule has 0 bridgehead atoms. The van der Waals surface area contributed by atoms with E-state index in [1.165, 1.54) is 22.4 Å². The zero-order chi connectivity index (χ0) is 18.8. The molecule has 1 aromatic carbocycles. The van der Waals surface area contributed by atoms with E-state index in [0.717, 1.165) is 34.9 Å². The maximum absolute atomic E-state index is 12.4. The van der Waals surface area contributed by atoms with Crippen molar-refractivity contribution in [2.24, 2.45) is 11.3 Å². The molecule has 1 aliphatic carbocycles. The van der Waals surface area contributed by atoms with Crippen LogP contribution in [0.5, 0.6) is 11.5 Å². The van der Waals surface area contributed by atoms with Crippen LogP contribution in [0.2, 0.25) is 0 Å². The Bertz CT molecular complexity index is 924. The Morgan fingerprint density at radius 3 is 2.78 bits per heavy atom. The van der Waals surface area contributed by atoms with E-state index in [2.05, 4.69) is 38.2 Å². The van der Waals surface area contributed by atoms with Gasteiger partial charge in [0.05, 0.1) is 5.00 Å². The number of amides is 1. The molecule has 5 rings (SSSR count). The van der Waals surface area contributed by atoms with Crippen molar-refractivity contribution >= 4 is 22.2 Å². The zero-order valence-corrected chi connectivity index (χ0v) is 16.9. The minimum Gasteiger partial charge on any atom is -0.454 e. The van der Waals surface area contributed by atoms with Crippen LogP contribution >= 0.6 is 11.3 Å². The molecule has 0 spiro atoms. The van der Waals surface area contributed by atoms with E-state index >= 15 is 0 Å². The number of rotatable bonds is 1. The lowest BCUT2D eigenvalue weighted by molar-refractivity contribution is -0.116. The number of anilines is 1. The molecule has 1 amide bonds. The fourth-order valence-electron chi connectivity index (χ4n) is 4.69. The summed E-state index contributed by atoms with van der Waals surface area (Å²) in [6.07, 6.45) is 3.96. The molecular formula is C22H25NO3S. The first-order valence-corrected chi connectivity index (χ1v) is 10.6. The molecule has 0 fully saturated rings. The van der Waals surface area contributed by atoms with Gasteiger partial charge in [-0.1, -0.05) is 26.8 Å². The van der Waals surface area contributed by atoms with Crippen LogP contribution in [0.4, 0.5) is 5.00 Å². The maximum atomic E-state index is 12.4. The minimum atomic E-state index is 0.106. The summed E-state index contributed by atoms with van der Waals surface area (Å²) < 4.78 is 11.0. The smallest absolute Gasteiger partial charge is 0.231 e. The molecule has 1 N–H and O–H groups in total. The lowest BCUT2D eigenvalue weighted by Gasteiger charge is -2.34. The highest BCUT2D eigenvalue weighted by molar-refractivity contribution is 7.16. The van der Waals surface area contributed by atoms with Crippen molar-refractivity contribution in [3.05, 3.63) is 39.8 Å².